The number of hydrogen-bond donors (Lipinski definition) is 1. The van der Waals surface area contributed by atoms with Gasteiger partial charge in [-0.25, -0.2) is 13.8 Å². The van der Waals surface area contributed by atoms with Crippen LogP contribution in [0.4, 0.5) is 13.9 Å². The van der Waals surface area contributed by atoms with E-state index in [1.807, 2.05) is 6.07 Å². The van der Waals surface area contributed by atoms with Gasteiger partial charge in [-0.15, -0.1) is 11.3 Å². The molecule has 3 aromatic rings. The lowest BCUT2D eigenvalue weighted by atomic mass is 10.1. The first-order valence-corrected chi connectivity index (χ1v) is 8.18. The molecule has 0 spiro atoms. The molecule has 0 fully saturated rings. The van der Waals surface area contributed by atoms with Crippen molar-refractivity contribution in [2.75, 3.05) is 5.32 Å². The van der Waals surface area contributed by atoms with Crippen LogP contribution >= 0.6 is 27.3 Å². The topological polar surface area (TPSA) is 42.0 Å². The van der Waals surface area contributed by atoms with Gasteiger partial charge in [0.1, 0.15) is 11.6 Å². The van der Waals surface area contributed by atoms with Gasteiger partial charge in [0.05, 0.1) is 5.69 Å². The molecule has 0 bridgehead atoms. The molecule has 7 heteroatoms. The highest BCUT2D eigenvalue weighted by Crippen LogP contribution is 2.27. The first kappa shape index (κ1) is 15.8. The second-order valence-electron chi connectivity index (χ2n) is 4.63. The molecule has 2 aromatic carbocycles. The largest absolute Gasteiger partial charge is 0.298 e. The number of nitrogens with one attached hydrogen (secondary N) is 1. The zero-order chi connectivity index (χ0) is 16.4. The number of carbonyl (C=O) groups excluding carboxylic acids is 1. The zero-order valence-corrected chi connectivity index (χ0v) is 13.9. The summed E-state index contributed by atoms with van der Waals surface area (Å²) in [6.45, 7) is 0. The predicted octanol–water partition coefficient (Wildman–Crippen LogP) is 5.10. The Labute approximate surface area is 143 Å². The van der Waals surface area contributed by atoms with Gasteiger partial charge < -0.3 is 0 Å². The van der Waals surface area contributed by atoms with E-state index in [0.29, 0.717) is 16.4 Å². The van der Waals surface area contributed by atoms with E-state index in [9.17, 15) is 13.6 Å². The number of carbonyl (C=O) groups is 1. The van der Waals surface area contributed by atoms with Crippen LogP contribution < -0.4 is 5.32 Å². The quantitative estimate of drug-likeness (QED) is 0.670. The number of halogens is 3. The van der Waals surface area contributed by atoms with E-state index in [1.54, 1.807) is 23.6 Å². The number of thiazole rings is 1. The summed E-state index contributed by atoms with van der Waals surface area (Å²) in [6.07, 6.45) is 0. The smallest absolute Gasteiger partial charge is 0.257 e. The van der Waals surface area contributed by atoms with Crippen molar-refractivity contribution in [3.63, 3.8) is 0 Å². The van der Waals surface area contributed by atoms with Gasteiger partial charge in [0.2, 0.25) is 0 Å². The molecule has 0 radical (unpaired) electrons. The van der Waals surface area contributed by atoms with Gasteiger partial charge >= 0.3 is 0 Å². The summed E-state index contributed by atoms with van der Waals surface area (Å²) in [4.78, 5) is 16.3. The highest BCUT2D eigenvalue weighted by atomic mass is 79.9. The van der Waals surface area contributed by atoms with E-state index >= 15 is 0 Å². The molecule has 0 aliphatic rings. The molecule has 0 saturated heterocycles. The minimum Gasteiger partial charge on any atom is -0.298 e. The van der Waals surface area contributed by atoms with Gasteiger partial charge in [0.25, 0.3) is 5.91 Å². The molecule has 0 aliphatic heterocycles. The highest BCUT2D eigenvalue weighted by Gasteiger charge is 2.13. The summed E-state index contributed by atoms with van der Waals surface area (Å²) in [5, 5.41) is 4.60. The number of benzene rings is 2. The maximum Gasteiger partial charge on any atom is 0.257 e. The standard InChI is InChI=1S/C16H9BrF2N2OS/c17-10-3-1-2-9(6-10)15(22)21-16-20-14(8-23-16)12-5-4-11(18)7-13(12)19/h1-8H,(H,20,21,22). The summed E-state index contributed by atoms with van der Waals surface area (Å²) in [7, 11) is 0. The Morgan fingerprint density at radius 2 is 2.00 bits per heavy atom. The van der Waals surface area contributed by atoms with Crippen molar-refractivity contribution in [1.29, 1.82) is 0 Å². The molecular weight excluding hydrogens is 386 g/mol. The lowest BCUT2D eigenvalue weighted by Gasteiger charge is -2.02. The minimum atomic E-state index is -0.694. The molecule has 116 valence electrons. The van der Waals surface area contributed by atoms with Crippen LogP contribution in [0.1, 0.15) is 10.4 Å². The summed E-state index contributed by atoms with van der Waals surface area (Å²) in [5.41, 5.74) is 1.01. The van der Waals surface area contributed by atoms with Crippen molar-refractivity contribution < 1.29 is 13.6 Å². The third-order valence-electron chi connectivity index (χ3n) is 3.02. The van der Waals surface area contributed by atoms with Crippen LogP contribution in [0.5, 0.6) is 0 Å². The van der Waals surface area contributed by atoms with Gasteiger partial charge in [0.15, 0.2) is 5.13 Å². The number of hydrogen-bond acceptors (Lipinski definition) is 3. The molecule has 1 amide bonds. The van der Waals surface area contributed by atoms with Crippen molar-refractivity contribution in [3.05, 3.63) is 69.5 Å². The Morgan fingerprint density at radius 1 is 1.17 bits per heavy atom. The molecule has 1 N–H and O–H groups in total. The molecule has 0 atom stereocenters. The molecule has 1 heterocycles. The number of anilines is 1. The summed E-state index contributed by atoms with van der Waals surface area (Å²) < 4.78 is 27.5. The molecule has 0 unspecified atom stereocenters. The van der Waals surface area contributed by atoms with Crippen molar-refractivity contribution in [1.82, 2.24) is 4.98 Å². The molecule has 0 saturated carbocycles. The van der Waals surface area contributed by atoms with Gasteiger partial charge in [-0.3, -0.25) is 10.1 Å². The average Bonchev–Trinajstić information content (AvgIpc) is 2.95. The van der Waals surface area contributed by atoms with E-state index < -0.39 is 11.6 Å². The zero-order valence-electron chi connectivity index (χ0n) is 11.5. The number of aromatic nitrogens is 1. The number of amides is 1. The van der Waals surface area contributed by atoms with Crippen LogP contribution in [0.3, 0.4) is 0 Å². The Morgan fingerprint density at radius 3 is 2.74 bits per heavy atom. The minimum absolute atomic E-state index is 0.186. The van der Waals surface area contributed by atoms with E-state index in [4.69, 9.17) is 0 Å². The monoisotopic (exact) mass is 394 g/mol. The summed E-state index contributed by atoms with van der Waals surface area (Å²) in [5.74, 6) is -1.66. The van der Waals surface area contributed by atoms with Crippen molar-refractivity contribution in [2.24, 2.45) is 0 Å². The van der Waals surface area contributed by atoms with E-state index in [0.717, 1.165) is 16.6 Å². The van der Waals surface area contributed by atoms with Crippen molar-refractivity contribution in [2.45, 2.75) is 0 Å². The van der Waals surface area contributed by atoms with E-state index in [2.05, 4.69) is 26.2 Å². The Hall–Kier alpha value is -2.12. The maximum atomic E-state index is 13.7. The fourth-order valence-corrected chi connectivity index (χ4v) is 3.06. The van der Waals surface area contributed by atoms with Crippen LogP contribution in [0.25, 0.3) is 11.3 Å². The van der Waals surface area contributed by atoms with Gasteiger partial charge in [0, 0.05) is 27.0 Å². The third-order valence-corrected chi connectivity index (χ3v) is 4.27. The van der Waals surface area contributed by atoms with Crippen LogP contribution in [-0.4, -0.2) is 10.9 Å². The van der Waals surface area contributed by atoms with Crippen LogP contribution in [0.2, 0.25) is 0 Å². The first-order valence-electron chi connectivity index (χ1n) is 6.51. The summed E-state index contributed by atoms with van der Waals surface area (Å²) in [6, 6.07) is 10.2. The Kier molecular flexibility index (Phi) is 4.49. The third kappa shape index (κ3) is 3.62. The Bertz CT molecular complexity index is 882. The second-order valence-corrected chi connectivity index (χ2v) is 6.40. The van der Waals surface area contributed by atoms with Crippen LogP contribution in [-0.2, 0) is 0 Å². The first-order chi connectivity index (χ1) is 11.0. The molecule has 3 nitrogen and oxygen atoms in total. The lowest BCUT2D eigenvalue weighted by Crippen LogP contribution is -2.11. The fraction of sp³-hybridized carbons (Fsp3) is 0. The van der Waals surface area contributed by atoms with E-state index in [1.165, 1.54) is 17.4 Å². The van der Waals surface area contributed by atoms with Gasteiger partial charge in [-0.2, -0.15) is 0 Å². The maximum absolute atomic E-state index is 13.7. The van der Waals surface area contributed by atoms with Crippen LogP contribution in [0.15, 0.2) is 52.3 Å². The molecule has 1 aromatic heterocycles. The van der Waals surface area contributed by atoms with Crippen LogP contribution in [0, 0.1) is 11.6 Å². The number of nitrogens with zero attached hydrogens (tertiary/aromatic N) is 1. The van der Waals surface area contributed by atoms with Crippen molar-refractivity contribution in [3.8, 4) is 11.3 Å². The summed E-state index contributed by atoms with van der Waals surface area (Å²) >= 11 is 4.47. The predicted molar refractivity (Wildman–Crippen MR) is 89.6 cm³/mol. The normalized spacial score (nSPS) is 10.6. The van der Waals surface area contributed by atoms with E-state index in [-0.39, 0.29) is 11.5 Å². The van der Waals surface area contributed by atoms with Crippen molar-refractivity contribution >= 4 is 38.3 Å². The number of rotatable bonds is 3. The molecule has 3 rings (SSSR count). The molecule has 23 heavy (non-hydrogen) atoms. The van der Waals surface area contributed by atoms with Gasteiger partial charge in [-0.05, 0) is 30.3 Å². The molecule has 0 aliphatic carbocycles. The second kappa shape index (κ2) is 6.55. The Balaban J connectivity index is 1.81. The fourth-order valence-electron chi connectivity index (χ4n) is 1.95. The lowest BCUT2D eigenvalue weighted by molar-refractivity contribution is 0.102. The van der Waals surface area contributed by atoms with Gasteiger partial charge in [-0.1, -0.05) is 22.0 Å². The SMILES string of the molecule is O=C(Nc1nc(-c2ccc(F)cc2F)cs1)c1cccc(Br)c1. The highest BCUT2D eigenvalue weighted by molar-refractivity contribution is 9.10. The average molecular weight is 395 g/mol. The molecular formula is C16H9BrF2N2OS.